The lowest BCUT2D eigenvalue weighted by Crippen LogP contribution is -2.06. The number of thiocarbonyl (C=S) groups is 1. The molecular weight excluding hydrogens is 160 g/mol. The molecule has 11 heavy (non-hydrogen) atoms. The first-order valence-corrected chi connectivity index (χ1v) is 3.54. The van der Waals surface area contributed by atoms with Crippen molar-refractivity contribution in [3.63, 3.8) is 0 Å². The van der Waals surface area contributed by atoms with Gasteiger partial charge in [0.15, 0.2) is 0 Å². The average molecular weight is 168 g/mol. The summed E-state index contributed by atoms with van der Waals surface area (Å²) in [5, 5.41) is 0.135. The molecule has 0 fully saturated rings. The van der Waals surface area contributed by atoms with Gasteiger partial charge in [0.25, 0.3) is 0 Å². The highest BCUT2D eigenvalue weighted by atomic mass is 32.1. The molecule has 0 saturated carbocycles. The van der Waals surface area contributed by atoms with Crippen molar-refractivity contribution >= 4 is 17.5 Å². The van der Waals surface area contributed by atoms with Gasteiger partial charge in [0.05, 0.1) is 7.11 Å². The van der Waals surface area contributed by atoms with Crippen molar-refractivity contribution < 1.29 is 9.47 Å². The van der Waals surface area contributed by atoms with Crippen LogP contribution in [-0.2, 0) is 4.74 Å². The second kappa shape index (κ2) is 3.93. The lowest BCUT2D eigenvalue weighted by Gasteiger charge is -2.03. The molecule has 0 aliphatic heterocycles. The van der Waals surface area contributed by atoms with Crippen LogP contribution in [0.3, 0.4) is 0 Å². The van der Waals surface area contributed by atoms with Crippen molar-refractivity contribution in [2.24, 2.45) is 0 Å². The van der Waals surface area contributed by atoms with Gasteiger partial charge in [-0.25, -0.2) is 0 Å². The Balaban J connectivity index is 2.58. The molecule has 58 valence electrons. The van der Waals surface area contributed by atoms with Crippen LogP contribution in [0.2, 0.25) is 0 Å². The van der Waals surface area contributed by atoms with E-state index < -0.39 is 0 Å². The third-order valence-corrected chi connectivity index (χ3v) is 1.36. The largest absolute Gasteiger partial charge is 0.460 e. The van der Waals surface area contributed by atoms with Crippen LogP contribution < -0.4 is 4.74 Å². The van der Waals surface area contributed by atoms with E-state index in [1.807, 2.05) is 30.3 Å². The van der Waals surface area contributed by atoms with Gasteiger partial charge in [-0.2, -0.15) is 0 Å². The van der Waals surface area contributed by atoms with Crippen LogP contribution in [0.15, 0.2) is 30.3 Å². The lowest BCUT2D eigenvalue weighted by molar-refractivity contribution is 0.315. The van der Waals surface area contributed by atoms with Crippen molar-refractivity contribution in [3.05, 3.63) is 30.3 Å². The highest BCUT2D eigenvalue weighted by Crippen LogP contribution is 2.08. The Morgan fingerprint density at radius 2 is 1.91 bits per heavy atom. The van der Waals surface area contributed by atoms with Gasteiger partial charge in [0.2, 0.25) is 0 Å². The Kier molecular flexibility index (Phi) is 2.86. The van der Waals surface area contributed by atoms with Gasteiger partial charge < -0.3 is 9.47 Å². The zero-order valence-electron chi connectivity index (χ0n) is 6.11. The number of benzene rings is 1. The van der Waals surface area contributed by atoms with Gasteiger partial charge in [-0.3, -0.25) is 0 Å². The first-order valence-electron chi connectivity index (χ1n) is 3.14. The third kappa shape index (κ3) is 2.55. The summed E-state index contributed by atoms with van der Waals surface area (Å²) in [7, 11) is 1.48. The van der Waals surface area contributed by atoms with Crippen LogP contribution >= 0.6 is 12.2 Å². The van der Waals surface area contributed by atoms with Crippen LogP contribution in [0.5, 0.6) is 5.75 Å². The van der Waals surface area contributed by atoms with Gasteiger partial charge in [0, 0.05) is 12.2 Å². The molecule has 1 aromatic rings. The van der Waals surface area contributed by atoms with E-state index in [1.54, 1.807) is 0 Å². The quantitative estimate of drug-likeness (QED) is 0.597. The Hall–Kier alpha value is -1.09. The summed E-state index contributed by atoms with van der Waals surface area (Å²) in [5.41, 5.74) is 0. The maximum absolute atomic E-state index is 5.07. The number of para-hydroxylation sites is 1. The highest BCUT2D eigenvalue weighted by molar-refractivity contribution is 7.79. The molecule has 0 aromatic heterocycles. The molecule has 1 rings (SSSR count). The summed E-state index contributed by atoms with van der Waals surface area (Å²) < 4.78 is 9.74. The molecule has 0 unspecified atom stereocenters. The molecule has 0 heterocycles. The third-order valence-electron chi connectivity index (χ3n) is 1.11. The SMILES string of the molecule is COC(=S)Oc1ccccc1. The monoisotopic (exact) mass is 168 g/mol. The predicted molar refractivity (Wildman–Crippen MR) is 46.7 cm³/mol. The molecule has 3 heteroatoms. The van der Waals surface area contributed by atoms with Gasteiger partial charge in [-0.1, -0.05) is 18.2 Å². The zero-order chi connectivity index (χ0) is 8.10. The van der Waals surface area contributed by atoms with Crippen molar-refractivity contribution in [1.82, 2.24) is 0 Å². The number of methoxy groups -OCH3 is 1. The molecule has 0 bridgehead atoms. The minimum absolute atomic E-state index is 0.135. The molecule has 0 radical (unpaired) electrons. The van der Waals surface area contributed by atoms with Crippen LogP contribution in [0.25, 0.3) is 0 Å². The lowest BCUT2D eigenvalue weighted by atomic mass is 10.3. The van der Waals surface area contributed by atoms with Crippen molar-refractivity contribution in [2.75, 3.05) is 7.11 Å². The van der Waals surface area contributed by atoms with Gasteiger partial charge in [0.1, 0.15) is 5.75 Å². The van der Waals surface area contributed by atoms with E-state index in [9.17, 15) is 0 Å². The van der Waals surface area contributed by atoms with Crippen molar-refractivity contribution in [2.45, 2.75) is 0 Å². The molecule has 0 saturated heterocycles. The molecule has 0 atom stereocenters. The molecule has 1 aromatic carbocycles. The zero-order valence-corrected chi connectivity index (χ0v) is 6.93. The minimum Gasteiger partial charge on any atom is -0.460 e. The Morgan fingerprint density at radius 1 is 1.27 bits per heavy atom. The first-order chi connectivity index (χ1) is 5.33. The van der Waals surface area contributed by atoms with E-state index in [0.717, 1.165) is 0 Å². The highest BCUT2D eigenvalue weighted by Gasteiger charge is 1.95. The standard InChI is InChI=1S/C8H8O2S/c1-9-8(11)10-7-5-3-2-4-6-7/h2-6H,1H3. The van der Waals surface area contributed by atoms with Gasteiger partial charge in [-0.05, 0) is 12.1 Å². The second-order valence-corrected chi connectivity index (χ2v) is 2.20. The van der Waals surface area contributed by atoms with Crippen molar-refractivity contribution in [1.29, 1.82) is 0 Å². The summed E-state index contributed by atoms with van der Waals surface area (Å²) in [6, 6.07) is 9.26. The first kappa shape index (κ1) is 8.01. The van der Waals surface area contributed by atoms with Crippen molar-refractivity contribution in [3.8, 4) is 5.75 Å². The molecule has 0 N–H and O–H groups in total. The smallest absolute Gasteiger partial charge is 0.357 e. The topological polar surface area (TPSA) is 18.5 Å². The van der Waals surface area contributed by atoms with Gasteiger partial charge in [-0.15, -0.1) is 0 Å². The van der Waals surface area contributed by atoms with E-state index >= 15 is 0 Å². The van der Waals surface area contributed by atoms with Crippen LogP contribution in [0.4, 0.5) is 0 Å². The van der Waals surface area contributed by atoms with E-state index in [0.29, 0.717) is 5.75 Å². The fourth-order valence-corrected chi connectivity index (χ4v) is 0.723. The molecule has 0 aliphatic carbocycles. The number of hydrogen-bond donors (Lipinski definition) is 0. The predicted octanol–water partition coefficient (Wildman–Crippen LogP) is 2.00. The number of ether oxygens (including phenoxy) is 2. The van der Waals surface area contributed by atoms with E-state index in [1.165, 1.54) is 7.11 Å². The molecule has 0 amide bonds. The molecule has 0 aliphatic rings. The molecular formula is C8H8O2S. The van der Waals surface area contributed by atoms with E-state index in [2.05, 4.69) is 4.74 Å². The average Bonchev–Trinajstić information content (AvgIpc) is 2.06. The fourth-order valence-electron chi connectivity index (χ4n) is 0.626. The maximum atomic E-state index is 5.07. The Labute approximate surface area is 70.7 Å². The second-order valence-electron chi connectivity index (χ2n) is 1.87. The summed E-state index contributed by atoms with van der Waals surface area (Å²) >= 11 is 4.69. The van der Waals surface area contributed by atoms with E-state index in [4.69, 9.17) is 17.0 Å². The maximum Gasteiger partial charge on any atom is 0.357 e. The van der Waals surface area contributed by atoms with Crippen LogP contribution in [0.1, 0.15) is 0 Å². The molecule has 2 nitrogen and oxygen atoms in total. The summed E-state index contributed by atoms with van der Waals surface area (Å²) in [4.78, 5) is 0. The van der Waals surface area contributed by atoms with Crippen LogP contribution in [-0.4, -0.2) is 12.3 Å². The fraction of sp³-hybridized carbons (Fsp3) is 0.125. The summed E-state index contributed by atoms with van der Waals surface area (Å²) in [6.45, 7) is 0. The van der Waals surface area contributed by atoms with Gasteiger partial charge >= 0.3 is 5.24 Å². The molecule has 0 spiro atoms. The Morgan fingerprint density at radius 3 is 2.45 bits per heavy atom. The number of rotatable bonds is 1. The summed E-state index contributed by atoms with van der Waals surface area (Å²) in [5.74, 6) is 0.694. The number of hydrogen-bond acceptors (Lipinski definition) is 3. The Bertz CT molecular complexity index is 233. The van der Waals surface area contributed by atoms with Crippen LogP contribution in [0, 0.1) is 0 Å². The minimum atomic E-state index is 0.135. The van der Waals surface area contributed by atoms with E-state index in [-0.39, 0.29) is 5.24 Å². The normalized spacial score (nSPS) is 8.82. The summed E-state index contributed by atoms with van der Waals surface area (Å²) in [6.07, 6.45) is 0.